The second kappa shape index (κ2) is 13.6. The number of piperidine rings is 2. The first-order valence-electron chi connectivity index (χ1n) is 15.4. The number of urea groups is 1. The van der Waals surface area contributed by atoms with Gasteiger partial charge in [0.1, 0.15) is 17.3 Å². The van der Waals surface area contributed by atoms with Crippen LogP contribution in [0.25, 0.3) is 0 Å². The third-order valence-corrected chi connectivity index (χ3v) is 10.0. The summed E-state index contributed by atoms with van der Waals surface area (Å²) >= 11 is 15.3. The highest BCUT2D eigenvalue weighted by Crippen LogP contribution is 2.53. The van der Waals surface area contributed by atoms with Crippen molar-refractivity contribution in [3.63, 3.8) is 0 Å². The van der Waals surface area contributed by atoms with E-state index in [1.54, 1.807) is 12.1 Å². The predicted molar refractivity (Wildman–Crippen MR) is 179 cm³/mol. The summed E-state index contributed by atoms with van der Waals surface area (Å²) in [6.07, 6.45) is 4.15. The van der Waals surface area contributed by atoms with E-state index in [1.807, 2.05) is 64.4 Å². The Labute approximate surface area is 281 Å². The largest absolute Gasteiger partial charge is 0.490 e. The Balaban J connectivity index is 0.000000452. The molecule has 4 amide bonds. The molecule has 8 nitrogen and oxygen atoms in total. The molecule has 4 aliphatic rings. The van der Waals surface area contributed by atoms with Crippen LogP contribution >= 0.6 is 39.1 Å². The fourth-order valence-corrected chi connectivity index (χ4v) is 7.47. The standard InChI is InChI=1S/C28H30BrClN4O4.C6H5Cl/c29-17-3-6-23(38-19-8-13-34(14-9-19)27(37)33-11-1-2-12-33)20(15-17)25-28(10-7-24(35)32-25)21-5-4-18(30)16-22(21)31-26(28)36;7-6-4-2-1-3-5-6/h3-6,15-16,19,25H,1-2,7-14H2,(H,31,36)(H,32,35);1-5H/t25-,28-;/m1./s1. The van der Waals surface area contributed by atoms with Crippen LogP contribution in [0.4, 0.5) is 10.5 Å². The minimum atomic E-state index is -0.974. The molecule has 3 fully saturated rings. The minimum Gasteiger partial charge on any atom is -0.490 e. The van der Waals surface area contributed by atoms with Crippen molar-refractivity contribution in [3.8, 4) is 5.75 Å². The van der Waals surface area contributed by atoms with E-state index in [2.05, 4.69) is 26.6 Å². The van der Waals surface area contributed by atoms with Gasteiger partial charge in [-0.25, -0.2) is 4.79 Å². The molecule has 0 bridgehead atoms. The van der Waals surface area contributed by atoms with Crippen molar-refractivity contribution in [1.82, 2.24) is 15.1 Å². The zero-order chi connectivity index (χ0) is 31.6. The first-order valence-corrected chi connectivity index (χ1v) is 16.9. The molecule has 11 heteroatoms. The topological polar surface area (TPSA) is 91.0 Å². The van der Waals surface area contributed by atoms with Gasteiger partial charge in [-0.2, -0.15) is 0 Å². The lowest BCUT2D eigenvalue weighted by Crippen LogP contribution is -2.52. The van der Waals surface area contributed by atoms with Gasteiger partial charge in [0.2, 0.25) is 11.8 Å². The Morgan fingerprint density at radius 1 is 0.889 bits per heavy atom. The summed E-state index contributed by atoms with van der Waals surface area (Å²) in [6.45, 7) is 2.98. The number of rotatable bonds is 3. The lowest BCUT2D eigenvalue weighted by molar-refractivity contribution is -0.130. The quantitative estimate of drug-likeness (QED) is 0.297. The number of hydrogen-bond acceptors (Lipinski definition) is 4. The number of carbonyl (C=O) groups excluding carboxylic acids is 3. The molecule has 236 valence electrons. The molecular weight excluding hydrogens is 679 g/mol. The molecule has 3 saturated heterocycles. The van der Waals surface area contributed by atoms with Crippen molar-refractivity contribution in [1.29, 1.82) is 0 Å². The molecule has 0 saturated carbocycles. The van der Waals surface area contributed by atoms with E-state index in [0.29, 0.717) is 36.0 Å². The monoisotopic (exact) mass is 712 g/mol. The van der Waals surface area contributed by atoms with Gasteiger partial charge in [-0.15, -0.1) is 0 Å². The number of anilines is 1. The highest BCUT2D eigenvalue weighted by Gasteiger charge is 2.56. The number of carbonyl (C=O) groups is 3. The van der Waals surface area contributed by atoms with Gasteiger partial charge in [0.25, 0.3) is 0 Å². The van der Waals surface area contributed by atoms with E-state index in [4.69, 9.17) is 27.9 Å². The summed E-state index contributed by atoms with van der Waals surface area (Å²) in [6, 6.07) is 20.1. The van der Waals surface area contributed by atoms with Gasteiger partial charge >= 0.3 is 6.03 Å². The smallest absolute Gasteiger partial charge is 0.320 e. The Morgan fingerprint density at radius 3 is 2.29 bits per heavy atom. The molecule has 0 aromatic heterocycles. The zero-order valence-corrected chi connectivity index (χ0v) is 27.8. The van der Waals surface area contributed by atoms with E-state index >= 15 is 0 Å². The second-order valence-electron chi connectivity index (χ2n) is 11.9. The van der Waals surface area contributed by atoms with Gasteiger partial charge in [-0.1, -0.05) is 63.4 Å². The third-order valence-electron chi connectivity index (χ3n) is 9.06. The van der Waals surface area contributed by atoms with Crippen molar-refractivity contribution >= 4 is 62.7 Å². The average molecular weight is 714 g/mol. The summed E-state index contributed by atoms with van der Waals surface area (Å²) in [4.78, 5) is 43.0. The van der Waals surface area contributed by atoms with E-state index in [1.165, 1.54) is 0 Å². The Kier molecular flexibility index (Phi) is 9.59. The van der Waals surface area contributed by atoms with Gasteiger partial charge in [0, 0.05) is 71.2 Å². The Morgan fingerprint density at radius 2 is 1.60 bits per heavy atom. The van der Waals surface area contributed by atoms with Crippen molar-refractivity contribution in [2.24, 2.45) is 0 Å². The van der Waals surface area contributed by atoms with Crippen molar-refractivity contribution in [2.75, 3.05) is 31.5 Å². The first-order chi connectivity index (χ1) is 21.7. The Hall–Kier alpha value is -3.27. The van der Waals surface area contributed by atoms with E-state index in [9.17, 15) is 14.4 Å². The average Bonchev–Trinajstić information content (AvgIpc) is 3.67. The van der Waals surface area contributed by atoms with Gasteiger partial charge in [-0.05, 0) is 67.3 Å². The molecule has 7 rings (SSSR count). The molecule has 2 N–H and O–H groups in total. The lowest BCUT2D eigenvalue weighted by atomic mass is 9.67. The van der Waals surface area contributed by atoms with Crippen LogP contribution in [0, 0.1) is 0 Å². The molecule has 0 unspecified atom stereocenters. The number of hydrogen-bond donors (Lipinski definition) is 2. The number of halogens is 3. The highest BCUT2D eigenvalue weighted by atomic mass is 79.9. The van der Waals surface area contributed by atoms with Crippen molar-refractivity contribution in [3.05, 3.63) is 92.4 Å². The van der Waals surface area contributed by atoms with Gasteiger partial charge in [0.05, 0.1) is 6.04 Å². The van der Waals surface area contributed by atoms with Crippen LogP contribution in [0.3, 0.4) is 0 Å². The van der Waals surface area contributed by atoms with Crippen LogP contribution in [0.5, 0.6) is 5.75 Å². The fourth-order valence-electron chi connectivity index (χ4n) is 6.77. The van der Waals surface area contributed by atoms with Crippen molar-refractivity contribution in [2.45, 2.75) is 56.1 Å². The molecule has 1 spiro atoms. The lowest BCUT2D eigenvalue weighted by Gasteiger charge is -2.41. The maximum Gasteiger partial charge on any atom is 0.320 e. The number of nitrogens with zero attached hydrogens (tertiary/aromatic N) is 2. The molecule has 45 heavy (non-hydrogen) atoms. The first kappa shape index (κ1) is 31.7. The number of ether oxygens (including phenoxy) is 1. The Bertz CT molecular complexity index is 1580. The normalized spacial score (nSPS) is 22.8. The molecule has 3 aromatic carbocycles. The van der Waals surface area contributed by atoms with Crippen LogP contribution in [-0.2, 0) is 15.0 Å². The molecule has 0 aliphatic carbocycles. The molecule has 4 aliphatic heterocycles. The van der Waals surface area contributed by atoms with Gasteiger partial charge < -0.3 is 25.2 Å². The summed E-state index contributed by atoms with van der Waals surface area (Å²) < 4.78 is 7.38. The summed E-state index contributed by atoms with van der Waals surface area (Å²) in [5.74, 6) is 0.384. The van der Waals surface area contributed by atoms with Gasteiger partial charge in [-0.3, -0.25) is 9.59 Å². The summed E-state index contributed by atoms with van der Waals surface area (Å²) in [7, 11) is 0. The maximum absolute atomic E-state index is 13.6. The third kappa shape index (κ3) is 6.67. The van der Waals surface area contributed by atoms with Gasteiger partial charge in [0.15, 0.2) is 0 Å². The predicted octanol–water partition coefficient (Wildman–Crippen LogP) is 7.34. The van der Waals surface area contributed by atoms with E-state index < -0.39 is 11.5 Å². The molecule has 2 atom stereocenters. The number of benzene rings is 3. The minimum absolute atomic E-state index is 0.0729. The summed E-state index contributed by atoms with van der Waals surface area (Å²) in [5, 5.41) is 7.45. The number of fused-ring (bicyclic) bond motifs is 2. The number of amides is 4. The summed E-state index contributed by atoms with van der Waals surface area (Å²) in [5.41, 5.74) is 1.28. The van der Waals surface area contributed by atoms with Crippen LogP contribution in [0.2, 0.25) is 10.0 Å². The molecule has 0 radical (unpaired) electrons. The number of nitrogens with one attached hydrogen (secondary N) is 2. The maximum atomic E-state index is 13.6. The zero-order valence-electron chi connectivity index (χ0n) is 24.7. The number of likely N-dealkylation sites (tertiary alicyclic amines) is 2. The van der Waals surface area contributed by atoms with E-state index in [-0.39, 0.29) is 30.4 Å². The van der Waals surface area contributed by atoms with Crippen LogP contribution in [0.1, 0.15) is 55.7 Å². The molecule has 3 aromatic rings. The second-order valence-corrected chi connectivity index (χ2v) is 13.7. The van der Waals surface area contributed by atoms with Crippen molar-refractivity contribution < 1.29 is 19.1 Å². The fraction of sp³-hybridized carbons (Fsp3) is 0.382. The van der Waals surface area contributed by atoms with E-state index in [0.717, 1.165) is 59.4 Å². The van der Waals surface area contributed by atoms with Crippen LogP contribution in [0.15, 0.2) is 71.2 Å². The molecule has 4 heterocycles. The SMILES string of the molecule is Clc1ccccc1.O=C1CC[C@]2(C(=O)Nc3cc(Cl)ccc32)[C@@H](c2cc(Br)ccc2OC2CCN(C(=O)N3CCCC3)CC2)N1. The highest BCUT2D eigenvalue weighted by molar-refractivity contribution is 9.10. The molecular formula is C34H35BrCl2N4O4. The van der Waals surface area contributed by atoms with Crippen LogP contribution in [-0.4, -0.2) is 59.9 Å². The van der Waals surface area contributed by atoms with Crippen LogP contribution < -0.4 is 15.4 Å².